The van der Waals surface area contributed by atoms with E-state index >= 15 is 0 Å². The molecule has 0 saturated carbocycles. The van der Waals surface area contributed by atoms with Crippen LogP contribution in [0.3, 0.4) is 0 Å². The third-order valence-electron chi connectivity index (χ3n) is 1.47. The monoisotopic (exact) mass is 255 g/mol. The number of aromatic nitrogens is 1. The molecule has 0 radical (unpaired) electrons. The van der Waals surface area contributed by atoms with Crippen molar-refractivity contribution in [2.75, 3.05) is 6.61 Å². The van der Waals surface area contributed by atoms with Crippen LogP contribution in [0.1, 0.15) is 12.5 Å². The Balaban J connectivity index is 2.74. The molecule has 0 saturated heterocycles. The zero-order chi connectivity index (χ0) is 10.4. The number of carbonyl (C=O) groups excluding carboxylic acids is 1. The fourth-order valence-corrected chi connectivity index (χ4v) is 1.24. The van der Waals surface area contributed by atoms with E-state index in [2.05, 4.69) is 20.9 Å². The molecule has 0 fully saturated rings. The smallest absolute Gasteiger partial charge is 0.345 e. The lowest BCUT2D eigenvalue weighted by molar-refractivity contribution is -0.137. The van der Waals surface area contributed by atoms with Gasteiger partial charge in [0.05, 0.1) is 6.61 Å². The average Bonchev–Trinajstić information content (AvgIpc) is 2.19. The molecule has 0 N–H and O–H groups in total. The molecule has 1 aromatic heterocycles. The first-order chi connectivity index (χ1) is 6.74. The predicted molar refractivity (Wildman–Crippen MR) is 57.8 cm³/mol. The molecule has 3 nitrogen and oxygen atoms in total. The molecule has 0 bridgehead atoms. The Morgan fingerprint density at radius 2 is 2.21 bits per heavy atom. The molecule has 1 aromatic rings. The number of rotatable bonds is 3. The first-order valence-electron chi connectivity index (χ1n) is 4.18. The minimum absolute atomic E-state index is 0.357. The highest BCUT2D eigenvalue weighted by atomic mass is 79.9. The van der Waals surface area contributed by atoms with Crippen LogP contribution in [0.4, 0.5) is 0 Å². The van der Waals surface area contributed by atoms with Crippen molar-refractivity contribution in [1.82, 2.24) is 4.98 Å². The van der Waals surface area contributed by atoms with Gasteiger partial charge in [-0.05, 0) is 46.6 Å². The van der Waals surface area contributed by atoms with Gasteiger partial charge in [0, 0.05) is 12.4 Å². The van der Waals surface area contributed by atoms with Gasteiger partial charge in [-0.25, -0.2) is 4.79 Å². The van der Waals surface area contributed by atoms with Gasteiger partial charge < -0.3 is 4.74 Å². The van der Waals surface area contributed by atoms with Gasteiger partial charge in [0.15, 0.2) is 0 Å². The van der Waals surface area contributed by atoms with Crippen LogP contribution in [0.15, 0.2) is 29.0 Å². The van der Waals surface area contributed by atoms with Gasteiger partial charge in [-0.2, -0.15) is 0 Å². The van der Waals surface area contributed by atoms with E-state index < -0.39 is 0 Å². The van der Waals surface area contributed by atoms with E-state index in [0.717, 1.165) is 5.56 Å². The first-order valence-corrected chi connectivity index (χ1v) is 4.97. The Morgan fingerprint density at radius 1 is 1.57 bits per heavy atom. The van der Waals surface area contributed by atoms with Crippen LogP contribution in [0.5, 0.6) is 0 Å². The van der Waals surface area contributed by atoms with Crippen LogP contribution in [0, 0.1) is 0 Å². The number of hydrogen-bond acceptors (Lipinski definition) is 3. The molecule has 1 rings (SSSR count). The second kappa shape index (κ2) is 5.54. The van der Waals surface area contributed by atoms with Crippen molar-refractivity contribution in [1.29, 1.82) is 0 Å². The maximum atomic E-state index is 11.2. The summed E-state index contributed by atoms with van der Waals surface area (Å²) in [4.78, 5) is 15.1. The fourth-order valence-electron chi connectivity index (χ4n) is 0.865. The van der Waals surface area contributed by atoms with E-state index in [1.54, 1.807) is 37.5 Å². The largest absolute Gasteiger partial charge is 0.462 e. The topological polar surface area (TPSA) is 39.2 Å². The van der Waals surface area contributed by atoms with Crippen LogP contribution in [-0.4, -0.2) is 17.6 Å². The lowest BCUT2D eigenvalue weighted by atomic mass is 10.2. The quantitative estimate of drug-likeness (QED) is 0.615. The van der Waals surface area contributed by atoms with Crippen molar-refractivity contribution >= 4 is 28.0 Å². The van der Waals surface area contributed by atoms with Crippen molar-refractivity contribution in [3.63, 3.8) is 0 Å². The van der Waals surface area contributed by atoms with Gasteiger partial charge in [0.25, 0.3) is 0 Å². The van der Waals surface area contributed by atoms with Crippen LogP contribution in [-0.2, 0) is 9.53 Å². The maximum Gasteiger partial charge on any atom is 0.345 e. The Hall–Kier alpha value is -1.16. The number of pyridine rings is 1. The summed E-state index contributed by atoms with van der Waals surface area (Å²) in [6, 6.07) is 3.61. The van der Waals surface area contributed by atoms with Crippen molar-refractivity contribution in [2.45, 2.75) is 6.92 Å². The highest BCUT2D eigenvalue weighted by Crippen LogP contribution is 2.12. The van der Waals surface area contributed by atoms with Gasteiger partial charge in [0.2, 0.25) is 0 Å². The summed E-state index contributed by atoms with van der Waals surface area (Å²) in [5, 5.41) is 0. The van der Waals surface area contributed by atoms with Crippen LogP contribution in [0.2, 0.25) is 0 Å². The summed E-state index contributed by atoms with van der Waals surface area (Å²) >= 11 is 3.15. The normalized spacial score (nSPS) is 11.1. The highest BCUT2D eigenvalue weighted by molar-refractivity contribution is 9.12. The summed E-state index contributed by atoms with van der Waals surface area (Å²) in [7, 11) is 0. The predicted octanol–water partition coefficient (Wildman–Crippen LogP) is 2.38. The molecule has 0 unspecified atom stereocenters. The minimum atomic E-state index is -0.357. The third kappa shape index (κ3) is 3.30. The van der Waals surface area contributed by atoms with Gasteiger partial charge in [-0.1, -0.05) is 0 Å². The molecule has 0 atom stereocenters. The van der Waals surface area contributed by atoms with E-state index in [1.165, 1.54) is 0 Å². The zero-order valence-electron chi connectivity index (χ0n) is 7.74. The molecule has 0 aromatic carbocycles. The number of hydrogen-bond donors (Lipinski definition) is 0. The second-order valence-corrected chi connectivity index (χ2v) is 3.35. The van der Waals surface area contributed by atoms with Crippen molar-refractivity contribution < 1.29 is 9.53 Å². The molecule has 0 spiro atoms. The Morgan fingerprint density at radius 3 is 2.79 bits per heavy atom. The van der Waals surface area contributed by atoms with Crippen LogP contribution >= 0.6 is 15.9 Å². The van der Waals surface area contributed by atoms with Crippen LogP contribution in [0.25, 0.3) is 6.08 Å². The second-order valence-electron chi connectivity index (χ2n) is 2.49. The summed E-state index contributed by atoms with van der Waals surface area (Å²) in [6.45, 7) is 2.14. The van der Waals surface area contributed by atoms with Gasteiger partial charge >= 0.3 is 5.97 Å². The van der Waals surface area contributed by atoms with Gasteiger partial charge in [-0.3, -0.25) is 4.98 Å². The summed E-state index contributed by atoms with van der Waals surface area (Å²) in [6.07, 6.45) is 5.02. The molecule has 0 amide bonds. The Labute approximate surface area is 90.9 Å². The van der Waals surface area contributed by atoms with Crippen LogP contribution < -0.4 is 0 Å². The summed E-state index contributed by atoms with van der Waals surface area (Å²) in [5.41, 5.74) is 0.903. The minimum Gasteiger partial charge on any atom is -0.462 e. The van der Waals surface area contributed by atoms with Gasteiger partial charge in [0.1, 0.15) is 4.48 Å². The SMILES string of the molecule is CCOC(=O)/C(Br)=C/c1ccncc1. The fraction of sp³-hybridized carbons (Fsp3) is 0.200. The maximum absolute atomic E-state index is 11.2. The van der Waals surface area contributed by atoms with Crippen molar-refractivity contribution in [2.24, 2.45) is 0 Å². The molecule has 0 aliphatic heterocycles. The Bertz CT molecular complexity index is 335. The molecule has 1 heterocycles. The standard InChI is InChI=1S/C10H10BrNO2/c1-2-14-10(13)9(11)7-8-3-5-12-6-4-8/h3-7H,2H2,1H3/b9-7-. The third-order valence-corrected chi connectivity index (χ3v) is 2.02. The Kier molecular flexibility index (Phi) is 4.32. The number of esters is 1. The zero-order valence-corrected chi connectivity index (χ0v) is 9.32. The van der Waals surface area contributed by atoms with E-state index in [-0.39, 0.29) is 5.97 Å². The highest BCUT2D eigenvalue weighted by Gasteiger charge is 2.05. The van der Waals surface area contributed by atoms with E-state index in [0.29, 0.717) is 11.1 Å². The van der Waals surface area contributed by atoms with Crippen molar-refractivity contribution in [3.8, 4) is 0 Å². The van der Waals surface area contributed by atoms with E-state index in [9.17, 15) is 4.79 Å². The lowest BCUT2D eigenvalue weighted by Crippen LogP contribution is -2.02. The number of nitrogens with zero attached hydrogens (tertiary/aromatic N) is 1. The molecular weight excluding hydrogens is 246 g/mol. The average molecular weight is 256 g/mol. The van der Waals surface area contributed by atoms with Crippen molar-refractivity contribution in [3.05, 3.63) is 34.6 Å². The molecule has 0 aliphatic carbocycles. The van der Waals surface area contributed by atoms with Gasteiger partial charge in [-0.15, -0.1) is 0 Å². The molecule has 14 heavy (non-hydrogen) atoms. The summed E-state index contributed by atoms with van der Waals surface area (Å²) < 4.78 is 5.21. The molecular formula is C10H10BrNO2. The lowest BCUT2D eigenvalue weighted by Gasteiger charge is -1.99. The first kappa shape index (κ1) is 10.9. The molecule has 0 aliphatic rings. The molecule has 74 valence electrons. The van der Waals surface area contributed by atoms with E-state index in [1.807, 2.05) is 0 Å². The number of ether oxygens (including phenoxy) is 1. The van der Waals surface area contributed by atoms with E-state index in [4.69, 9.17) is 4.74 Å². The molecule has 4 heteroatoms. The summed E-state index contributed by atoms with van der Waals surface area (Å²) in [5.74, 6) is -0.357. The number of carbonyl (C=O) groups is 1. The number of halogens is 1.